The number of carbonyl (C=O) groups is 2. The minimum Gasteiger partial charge on any atom is -0.360 e. The Morgan fingerprint density at radius 3 is 2.56 bits per heavy atom. The highest BCUT2D eigenvalue weighted by molar-refractivity contribution is 6.30. The van der Waals surface area contributed by atoms with Crippen molar-refractivity contribution in [2.45, 2.75) is 0 Å². The number of carbonyl (C=O) groups excluding carboxylic acids is 2. The predicted octanol–water partition coefficient (Wildman–Crippen LogP) is 1.04. The molecule has 1 heterocycles. The van der Waals surface area contributed by atoms with Crippen molar-refractivity contribution in [1.29, 1.82) is 0 Å². The van der Waals surface area contributed by atoms with E-state index < -0.39 is 0 Å². The molecule has 142 valence electrons. The molecule has 0 radical (unpaired) electrons. The number of quaternary nitrogens is 1. The van der Waals surface area contributed by atoms with Crippen LogP contribution in [0.5, 0.6) is 0 Å². The molecule has 0 aliphatic carbocycles. The van der Waals surface area contributed by atoms with Crippen LogP contribution in [0.3, 0.4) is 0 Å². The van der Waals surface area contributed by atoms with E-state index in [1.807, 2.05) is 18.2 Å². The highest BCUT2D eigenvalue weighted by atomic mass is 35.5. The van der Waals surface area contributed by atoms with Gasteiger partial charge in [0, 0.05) is 29.0 Å². The van der Waals surface area contributed by atoms with Crippen molar-refractivity contribution in [2.75, 3.05) is 50.0 Å². The molecule has 0 unspecified atom stereocenters. The maximum atomic E-state index is 12.4. The molecule has 2 amide bonds. The van der Waals surface area contributed by atoms with Gasteiger partial charge in [-0.25, -0.2) is 0 Å². The molecule has 27 heavy (non-hydrogen) atoms. The zero-order valence-electron chi connectivity index (χ0n) is 15.3. The van der Waals surface area contributed by atoms with E-state index in [9.17, 15) is 9.59 Å². The Labute approximate surface area is 164 Å². The SMILES string of the molecule is CNC(=O)c1cccc(NC(=O)C[NH+]2CCN(c3cccc(Cl)c3)CC2)c1. The van der Waals surface area contributed by atoms with E-state index in [1.165, 1.54) is 4.90 Å². The first-order valence-corrected chi connectivity index (χ1v) is 9.39. The summed E-state index contributed by atoms with van der Waals surface area (Å²) in [6.07, 6.45) is 0. The molecule has 0 atom stereocenters. The number of amides is 2. The zero-order chi connectivity index (χ0) is 19.2. The molecule has 2 aromatic rings. The molecular formula is C20H24ClN4O2+. The largest absolute Gasteiger partial charge is 0.360 e. The van der Waals surface area contributed by atoms with Crippen LogP contribution >= 0.6 is 11.6 Å². The molecule has 0 spiro atoms. The Kier molecular flexibility index (Phi) is 6.32. The zero-order valence-corrected chi connectivity index (χ0v) is 16.1. The number of nitrogens with one attached hydrogen (secondary N) is 3. The molecule has 0 aromatic heterocycles. The Balaban J connectivity index is 1.50. The second kappa shape index (κ2) is 8.88. The Hall–Kier alpha value is -2.57. The average Bonchev–Trinajstić information content (AvgIpc) is 2.68. The summed E-state index contributed by atoms with van der Waals surface area (Å²) >= 11 is 6.07. The lowest BCUT2D eigenvalue weighted by Gasteiger charge is -2.33. The molecule has 7 heteroatoms. The van der Waals surface area contributed by atoms with Crippen LogP contribution in [0.25, 0.3) is 0 Å². The van der Waals surface area contributed by atoms with Gasteiger partial charge in [-0.1, -0.05) is 23.7 Å². The monoisotopic (exact) mass is 387 g/mol. The molecule has 1 aliphatic rings. The topological polar surface area (TPSA) is 65.9 Å². The quantitative estimate of drug-likeness (QED) is 0.718. The van der Waals surface area contributed by atoms with Gasteiger partial charge in [-0.05, 0) is 36.4 Å². The van der Waals surface area contributed by atoms with E-state index in [0.717, 1.165) is 36.9 Å². The van der Waals surface area contributed by atoms with Crippen molar-refractivity contribution in [3.8, 4) is 0 Å². The van der Waals surface area contributed by atoms with Gasteiger partial charge in [0.15, 0.2) is 6.54 Å². The normalized spacial score (nSPS) is 14.7. The molecule has 3 N–H and O–H groups in total. The molecule has 1 saturated heterocycles. The average molecular weight is 388 g/mol. The van der Waals surface area contributed by atoms with Gasteiger partial charge in [0.05, 0.1) is 26.2 Å². The second-order valence-electron chi connectivity index (χ2n) is 6.60. The first kappa shape index (κ1) is 19.2. The fourth-order valence-electron chi connectivity index (χ4n) is 3.25. The van der Waals surface area contributed by atoms with Crippen molar-refractivity contribution in [2.24, 2.45) is 0 Å². The Morgan fingerprint density at radius 2 is 1.85 bits per heavy atom. The summed E-state index contributed by atoms with van der Waals surface area (Å²) in [4.78, 5) is 27.6. The lowest BCUT2D eigenvalue weighted by Crippen LogP contribution is -3.15. The van der Waals surface area contributed by atoms with Crippen LogP contribution in [0, 0.1) is 0 Å². The predicted molar refractivity (Wildman–Crippen MR) is 108 cm³/mol. The van der Waals surface area contributed by atoms with Gasteiger partial charge in [0.2, 0.25) is 0 Å². The third-order valence-electron chi connectivity index (χ3n) is 4.69. The molecule has 1 fully saturated rings. The third kappa shape index (κ3) is 5.21. The van der Waals surface area contributed by atoms with E-state index in [4.69, 9.17) is 11.6 Å². The fraction of sp³-hybridized carbons (Fsp3) is 0.300. The third-order valence-corrected chi connectivity index (χ3v) is 4.93. The number of halogens is 1. The maximum absolute atomic E-state index is 12.4. The summed E-state index contributed by atoms with van der Waals surface area (Å²) in [5, 5.41) is 6.20. The van der Waals surface area contributed by atoms with Crippen molar-refractivity contribution in [3.05, 3.63) is 59.1 Å². The molecule has 1 aliphatic heterocycles. The highest BCUT2D eigenvalue weighted by Crippen LogP contribution is 2.19. The van der Waals surface area contributed by atoms with Crippen molar-refractivity contribution in [3.63, 3.8) is 0 Å². The molecule has 0 bridgehead atoms. The number of anilines is 2. The Morgan fingerprint density at radius 1 is 1.11 bits per heavy atom. The molecule has 6 nitrogen and oxygen atoms in total. The number of piperazine rings is 1. The van der Waals surface area contributed by atoms with Gasteiger partial charge >= 0.3 is 0 Å². The van der Waals surface area contributed by atoms with Crippen LogP contribution < -0.4 is 20.4 Å². The summed E-state index contributed by atoms with van der Waals surface area (Å²) in [7, 11) is 1.58. The summed E-state index contributed by atoms with van der Waals surface area (Å²) in [6, 6.07) is 14.8. The minimum atomic E-state index is -0.172. The summed E-state index contributed by atoms with van der Waals surface area (Å²) in [6.45, 7) is 3.95. The van der Waals surface area contributed by atoms with Gasteiger partial charge in [0.1, 0.15) is 0 Å². The lowest BCUT2D eigenvalue weighted by atomic mass is 10.2. The minimum absolute atomic E-state index is 0.0461. The van der Waals surface area contributed by atoms with Crippen LogP contribution in [0.2, 0.25) is 5.02 Å². The molecule has 3 rings (SSSR count). The molecular weight excluding hydrogens is 364 g/mol. The Bertz CT molecular complexity index is 819. The standard InChI is InChI=1S/C20H23ClN4O2/c1-22-20(27)15-4-2-6-17(12-15)23-19(26)14-24-8-10-25(11-9-24)18-7-3-5-16(21)13-18/h2-7,12-13H,8-11,14H2,1H3,(H,22,27)(H,23,26)/p+1. The number of benzene rings is 2. The highest BCUT2D eigenvalue weighted by Gasteiger charge is 2.22. The second-order valence-corrected chi connectivity index (χ2v) is 7.04. The number of rotatable bonds is 5. The smallest absolute Gasteiger partial charge is 0.279 e. The van der Waals surface area contributed by atoms with Crippen molar-refractivity contribution in [1.82, 2.24) is 5.32 Å². The van der Waals surface area contributed by atoms with E-state index >= 15 is 0 Å². The number of nitrogens with zero attached hydrogens (tertiary/aromatic N) is 1. The van der Waals surface area contributed by atoms with E-state index in [0.29, 0.717) is 17.8 Å². The van der Waals surface area contributed by atoms with Crippen LogP contribution in [0.4, 0.5) is 11.4 Å². The first-order valence-electron chi connectivity index (χ1n) is 9.01. The first-order chi connectivity index (χ1) is 13.0. The van der Waals surface area contributed by atoms with Crippen molar-refractivity contribution < 1.29 is 14.5 Å². The van der Waals surface area contributed by atoms with Crippen LogP contribution in [-0.4, -0.2) is 51.6 Å². The summed E-state index contributed by atoms with van der Waals surface area (Å²) < 4.78 is 0. The number of hydrogen-bond acceptors (Lipinski definition) is 3. The van der Waals surface area contributed by atoms with Gasteiger partial charge in [-0.3, -0.25) is 9.59 Å². The van der Waals surface area contributed by atoms with Crippen LogP contribution in [0.1, 0.15) is 10.4 Å². The molecule has 2 aromatic carbocycles. The number of hydrogen-bond donors (Lipinski definition) is 3. The van der Waals surface area contributed by atoms with Gasteiger partial charge in [-0.2, -0.15) is 0 Å². The fourth-order valence-corrected chi connectivity index (χ4v) is 3.43. The van der Waals surface area contributed by atoms with Crippen molar-refractivity contribution >= 4 is 34.8 Å². The van der Waals surface area contributed by atoms with E-state index in [1.54, 1.807) is 31.3 Å². The van der Waals surface area contributed by atoms with Gasteiger partial charge in [0.25, 0.3) is 11.8 Å². The summed E-state index contributed by atoms with van der Waals surface area (Å²) in [5.74, 6) is -0.218. The van der Waals surface area contributed by atoms with E-state index in [2.05, 4.69) is 21.6 Å². The summed E-state index contributed by atoms with van der Waals surface area (Å²) in [5.41, 5.74) is 2.29. The van der Waals surface area contributed by atoms with Crippen LogP contribution in [0.15, 0.2) is 48.5 Å². The van der Waals surface area contributed by atoms with E-state index in [-0.39, 0.29) is 11.8 Å². The molecule has 0 saturated carbocycles. The van der Waals surface area contributed by atoms with Gasteiger partial charge < -0.3 is 20.4 Å². The van der Waals surface area contributed by atoms with Gasteiger partial charge in [-0.15, -0.1) is 0 Å². The maximum Gasteiger partial charge on any atom is 0.279 e. The lowest BCUT2D eigenvalue weighted by molar-refractivity contribution is -0.892. The van der Waals surface area contributed by atoms with Crippen LogP contribution in [-0.2, 0) is 4.79 Å².